The first-order chi connectivity index (χ1) is 16.2. The quantitative estimate of drug-likeness (QED) is 0.452. The zero-order chi connectivity index (χ0) is 24.8. The minimum Gasteiger partial charge on any atom is -0.455 e. The Balaban J connectivity index is 1.92. The van der Waals surface area contributed by atoms with E-state index in [0.717, 1.165) is 22.8 Å². The van der Waals surface area contributed by atoms with Crippen molar-refractivity contribution in [1.29, 1.82) is 0 Å². The van der Waals surface area contributed by atoms with Crippen LogP contribution in [0.4, 0.5) is 4.79 Å². The van der Waals surface area contributed by atoms with E-state index in [1.54, 1.807) is 0 Å². The maximum Gasteiger partial charge on any atom is 0.339 e. The Bertz CT molecular complexity index is 972. The van der Waals surface area contributed by atoms with E-state index in [1.165, 1.54) is 24.0 Å². The first-order valence-electron chi connectivity index (χ1n) is 12.0. The Hall–Kier alpha value is -2.64. The standard InChI is InChI=1S/C27H38N2O5/c1-18(2)11-24(19(3)4)21-12-20-9-7-8-10-23(20)25(13-21)26(30)34-22-14-28(16-32-5)27(31)29(15-22)17-33-6/h7-10,12-13,18-19,22,24H,11,14-17H2,1-6H3. The molecule has 0 N–H and O–H groups in total. The highest BCUT2D eigenvalue weighted by Gasteiger charge is 2.34. The van der Waals surface area contributed by atoms with Crippen LogP contribution < -0.4 is 0 Å². The highest BCUT2D eigenvalue weighted by molar-refractivity contribution is 6.05. The van der Waals surface area contributed by atoms with Crippen LogP contribution in [0.3, 0.4) is 0 Å². The predicted octanol–water partition coefficient (Wildman–Crippen LogP) is 5.10. The van der Waals surface area contributed by atoms with Crippen LogP contribution in [0.15, 0.2) is 36.4 Å². The topological polar surface area (TPSA) is 68.3 Å². The van der Waals surface area contributed by atoms with E-state index >= 15 is 0 Å². The summed E-state index contributed by atoms with van der Waals surface area (Å²) in [7, 11) is 3.06. The number of urea groups is 1. The van der Waals surface area contributed by atoms with E-state index < -0.39 is 6.10 Å². The molecule has 1 saturated heterocycles. The zero-order valence-corrected chi connectivity index (χ0v) is 21.2. The maximum absolute atomic E-state index is 13.5. The van der Waals surface area contributed by atoms with Gasteiger partial charge in [0.2, 0.25) is 0 Å². The molecule has 2 aromatic rings. The number of hydrogen-bond acceptors (Lipinski definition) is 5. The molecule has 0 radical (unpaired) electrons. The van der Waals surface area contributed by atoms with Gasteiger partial charge in [-0.2, -0.15) is 0 Å². The Labute approximate surface area is 202 Å². The molecule has 1 aliphatic heterocycles. The molecule has 1 unspecified atom stereocenters. The maximum atomic E-state index is 13.5. The van der Waals surface area contributed by atoms with E-state index in [1.807, 2.05) is 30.3 Å². The van der Waals surface area contributed by atoms with Crippen molar-refractivity contribution < 1.29 is 23.8 Å². The lowest BCUT2D eigenvalue weighted by atomic mass is 9.81. The normalized spacial score (nSPS) is 16.1. The third-order valence-electron chi connectivity index (χ3n) is 6.29. The van der Waals surface area contributed by atoms with Crippen molar-refractivity contribution in [3.05, 3.63) is 47.5 Å². The number of ether oxygens (including phenoxy) is 3. The summed E-state index contributed by atoms with van der Waals surface area (Å²) in [5.41, 5.74) is 1.73. The van der Waals surface area contributed by atoms with Gasteiger partial charge in [-0.3, -0.25) is 9.80 Å². The monoisotopic (exact) mass is 470 g/mol. The van der Waals surface area contributed by atoms with Crippen LogP contribution in [0.25, 0.3) is 10.8 Å². The van der Waals surface area contributed by atoms with Crippen LogP contribution in [0.1, 0.15) is 56.0 Å². The fourth-order valence-corrected chi connectivity index (χ4v) is 4.74. The number of nitrogens with zero attached hydrogens (tertiary/aromatic N) is 2. The number of carbonyl (C=O) groups excluding carboxylic acids is 2. The van der Waals surface area contributed by atoms with Gasteiger partial charge in [0.15, 0.2) is 0 Å². The van der Waals surface area contributed by atoms with Gasteiger partial charge in [-0.25, -0.2) is 9.59 Å². The van der Waals surface area contributed by atoms with Crippen molar-refractivity contribution in [2.45, 2.75) is 46.1 Å². The fourth-order valence-electron chi connectivity index (χ4n) is 4.74. The summed E-state index contributed by atoms with van der Waals surface area (Å²) in [5, 5.41) is 1.90. The number of methoxy groups -OCH3 is 2. The molecule has 2 aromatic carbocycles. The minimum atomic E-state index is -0.491. The molecule has 7 heteroatoms. The van der Waals surface area contributed by atoms with Gasteiger partial charge in [0.05, 0.1) is 18.7 Å². The molecule has 0 spiro atoms. The number of carbonyl (C=O) groups is 2. The Morgan fingerprint density at radius 1 is 1.00 bits per heavy atom. The van der Waals surface area contributed by atoms with Crippen molar-refractivity contribution in [2.24, 2.45) is 11.8 Å². The number of hydrogen-bond donors (Lipinski definition) is 0. The highest BCUT2D eigenvalue weighted by atomic mass is 16.5. The second-order valence-electron chi connectivity index (χ2n) is 9.86. The van der Waals surface area contributed by atoms with Crippen molar-refractivity contribution in [2.75, 3.05) is 40.8 Å². The van der Waals surface area contributed by atoms with Crippen molar-refractivity contribution in [1.82, 2.24) is 9.80 Å². The lowest BCUT2D eigenvalue weighted by Crippen LogP contribution is -2.57. The van der Waals surface area contributed by atoms with Gasteiger partial charge in [-0.05, 0) is 46.6 Å². The largest absolute Gasteiger partial charge is 0.455 e. The second-order valence-corrected chi connectivity index (χ2v) is 9.86. The van der Waals surface area contributed by atoms with E-state index in [9.17, 15) is 9.59 Å². The molecule has 34 heavy (non-hydrogen) atoms. The fraction of sp³-hybridized carbons (Fsp3) is 0.556. The summed E-state index contributed by atoms with van der Waals surface area (Å²) in [6.07, 6.45) is 0.558. The van der Waals surface area contributed by atoms with E-state index in [-0.39, 0.29) is 38.6 Å². The van der Waals surface area contributed by atoms with Crippen LogP contribution in [0, 0.1) is 11.8 Å². The van der Waals surface area contributed by atoms with Gasteiger partial charge in [-0.15, -0.1) is 0 Å². The first kappa shape index (κ1) is 26.0. The Kier molecular flexibility index (Phi) is 8.91. The molecule has 0 bridgehead atoms. The summed E-state index contributed by atoms with van der Waals surface area (Å²) in [5.74, 6) is 0.964. The molecule has 1 aliphatic rings. The van der Waals surface area contributed by atoms with Crippen molar-refractivity contribution in [3.8, 4) is 0 Å². The van der Waals surface area contributed by atoms with Gasteiger partial charge in [0, 0.05) is 14.2 Å². The third kappa shape index (κ3) is 6.07. The lowest BCUT2D eigenvalue weighted by molar-refractivity contribution is -0.0401. The Morgan fingerprint density at radius 3 is 2.18 bits per heavy atom. The second kappa shape index (κ2) is 11.7. The Morgan fingerprint density at radius 2 is 1.62 bits per heavy atom. The van der Waals surface area contributed by atoms with Crippen LogP contribution in [-0.4, -0.2) is 68.7 Å². The van der Waals surface area contributed by atoms with Gasteiger partial charge in [-0.1, -0.05) is 58.0 Å². The molecule has 0 saturated carbocycles. The third-order valence-corrected chi connectivity index (χ3v) is 6.29. The number of fused-ring (bicyclic) bond motifs is 1. The molecular weight excluding hydrogens is 432 g/mol. The number of esters is 1. The average molecular weight is 471 g/mol. The predicted molar refractivity (Wildman–Crippen MR) is 133 cm³/mol. The number of benzene rings is 2. The molecule has 0 aliphatic carbocycles. The van der Waals surface area contributed by atoms with Gasteiger partial charge in [0.25, 0.3) is 0 Å². The van der Waals surface area contributed by atoms with Gasteiger partial charge < -0.3 is 14.2 Å². The molecule has 186 valence electrons. The van der Waals surface area contributed by atoms with Crippen LogP contribution in [0.5, 0.6) is 0 Å². The molecule has 1 heterocycles. The van der Waals surface area contributed by atoms with E-state index in [0.29, 0.717) is 23.3 Å². The summed E-state index contributed by atoms with van der Waals surface area (Å²) in [6.45, 7) is 9.72. The average Bonchev–Trinajstić information content (AvgIpc) is 2.79. The van der Waals surface area contributed by atoms with E-state index in [4.69, 9.17) is 14.2 Å². The molecular formula is C27H38N2O5. The summed E-state index contributed by atoms with van der Waals surface area (Å²) < 4.78 is 16.3. The lowest BCUT2D eigenvalue weighted by Gasteiger charge is -2.38. The molecule has 3 rings (SSSR count). The number of rotatable bonds is 10. The van der Waals surface area contributed by atoms with E-state index in [2.05, 4.69) is 33.8 Å². The summed E-state index contributed by atoms with van der Waals surface area (Å²) in [4.78, 5) is 29.1. The van der Waals surface area contributed by atoms with Crippen LogP contribution in [-0.2, 0) is 14.2 Å². The first-order valence-corrected chi connectivity index (χ1v) is 12.0. The van der Waals surface area contributed by atoms with Crippen LogP contribution in [0.2, 0.25) is 0 Å². The molecule has 2 amide bonds. The van der Waals surface area contributed by atoms with Gasteiger partial charge >= 0.3 is 12.0 Å². The zero-order valence-electron chi connectivity index (χ0n) is 21.2. The SMILES string of the molecule is COCN1CC(OC(=O)c2cc(C(CC(C)C)C(C)C)cc3ccccc23)CN(COC)C1=O. The van der Waals surface area contributed by atoms with Crippen molar-refractivity contribution in [3.63, 3.8) is 0 Å². The smallest absolute Gasteiger partial charge is 0.339 e. The molecule has 1 fully saturated rings. The van der Waals surface area contributed by atoms with Gasteiger partial charge in [0.1, 0.15) is 19.6 Å². The van der Waals surface area contributed by atoms with Crippen LogP contribution >= 0.6 is 0 Å². The van der Waals surface area contributed by atoms with Crippen molar-refractivity contribution >= 4 is 22.8 Å². The number of amides is 2. The minimum absolute atomic E-state index is 0.122. The highest BCUT2D eigenvalue weighted by Crippen LogP contribution is 2.34. The molecule has 0 aromatic heterocycles. The summed E-state index contributed by atoms with van der Waals surface area (Å²) >= 11 is 0. The molecule has 7 nitrogen and oxygen atoms in total. The summed E-state index contributed by atoms with van der Waals surface area (Å²) in [6, 6.07) is 11.9. The molecule has 1 atom stereocenters.